The van der Waals surface area contributed by atoms with Crippen LogP contribution in [0.15, 0.2) is 28.9 Å². The molecule has 0 aromatic heterocycles. The summed E-state index contributed by atoms with van der Waals surface area (Å²) in [5, 5.41) is 0.287. The number of ketones is 1. The first-order valence-corrected chi connectivity index (χ1v) is 4.27. The zero-order valence-corrected chi connectivity index (χ0v) is 7.97. The Kier molecular flexibility index (Phi) is 5.65. The van der Waals surface area contributed by atoms with Gasteiger partial charge in [0, 0.05) is 0 Å². The van der Waals surface area contributed by atoms with Crippen LogP contribution in [0.25, 0.3) is 0 Å². The first-order chi connectivity index (χ1) is 5.26. The lowest BCUT2D eigenvalue weighted by Gasteiger charge is -1.92. The maximum Gasteiger partial charge on any atom is 0.191 e. The van der Waals surface area contributed by atoms with Gasteiger partial charge in [0.05, 0.1) is 5.33 Å². The van der Waals surface area contributed by atoms with Crippen LogP contribution in [0, 0.1) is 0 Å². The number of allylic oxidation sites excluding steroid dienone is 4. The average Bonchev–Trinajstić information content (AvgIpc) is 2.05. The van der Waals surface area contributed by atoms with Gasteiger partial charge in [0.15, 0.2) is 5.78 Å². The maximum atomic E-state index is 11.0. The van der Waals surface area contributed by atoms with E-state index < -0.39 is 0 Å². The summed E-state index contributed by atoms with van der Waals surface area (Å²) in [5.41, 5.74) is 0.389. The van der Waals surface area contributed by atoms with Gasteiger partial charge >= 0.3 is 0 Å². The van der Waals surface area contributed by atoms with E-state index in [1.165, 1.54) is 0 Å². The Morgan fingerprint density at radius 2 is 2.36 bits per heavy atom. The van der Waals surface area contributed by atoms with Gasteiger partial charge in [-0.2, -0.15) is 0 Å². The van der Waals surface area contributed by atoms with Crippen LogP contribution in [-0.2, 0) is 4.79 Å². The number of Topliss-reactive ketones (excluding diaryl/α,β-unsaturated/α-hetero) is 1. The van der Waals surface area contributed by atoms with Crippen molar-refractivity contribution in [3.63, 3.8) is 0 Å². The Morgan fingerprint density at radius 3 is 2.73 bits per heavy atom. The highest BCUT2D eigenvalue weighted by molar-refractivity contribution is 9.09. The molecule has 0 fully saturated rings. The van der Waals surface area contributed by atoms with Crippen LogP contribution in [0.3, 0.4) is 0 Å². The Bertz CT molecular complexity index is 206. The molecule has 0 aliphatic heterocycles. The molecule has 0 spiro atoms. The number of aliphatic imine (C=N–C) groups is 1. The number of hydrogen-bond donors (Lipinski definition) is 0. The lowest BCUT2D eigenvalue weighted by atomic mass is 10.3. The van der Waals surface area contributed by atoms with Crippen molar-refractivity contribution < 1.29 is 4.79 Å². The molecular weight excluding hydrogens is 206 g/mol. The van der Waals surface area contributed by atoms with E-state index in [9.17, 15) is 4.79 Å². The molecule has 0 aromatic rings. The zero-order chi connectivity index (χ0) is 8.69. The molecular formula is C8H10BrNO. The third-order valence-electron chi connectivity index (χ3n) is 1.02. The molecule has 2 nitrogen and oxygen atoms in total. The largest absolute Gasteiger partial charge is 0.291 e. The standard InChI is InChI=1S/C8H10BrNO/c1-3-4-5-7(10-2)8(11)6-9/h3-5H,2,6H2,1H3/b4-3-,7-5-. The lowest BCUT2D eigenvalue weighted by molar-refractivity contribution is -0.113. The Morgan fingerprint density at radius 1 is 1.73 bits per heavy atom. The van der Waals surface area contributed by atoms with Gasteiger partial charge in [-0.1, -0.05) is 28.1 Å². The van der Waals surface area contributed by atoms with Crippen LogP contribution in [-0.4, -0.2) is 17.8 Å². The number of carbonyl (C=O) groups is 1. The first kappa shape index (κ1) is 10.3. The molecule has 0 aliphatic rings. The fourth-order valence-electron chi connectivity index (χ4n) is 0.490. The van der Waals surface area contributed by atoms with Crippen molar-refractivity contribution >= 4 is 28.4 Å². The molecule has 0 heterocycles. The van der Waals surface area contributed by atoms with Gasteiger partial charge in [0.25, 0.3) is 0 Å². The summed E-state index contributed by atoms with van der Waals surface area (Å²) >= 11 is 3.05. The van der Waals surface area contributed by atoms with Crippen LogP contribution in [0.2, 0.25) is 0 Å². The molecule has 0 rings (SSSR count). The van der Waals surface area contributed by atoms with E-state index in [-0.39, 0.29) is 11.1 Å². The van der Waals surface area contributed by atoms with E-state index in [2.05, 4.69) is 27.6 Å². The first-order valence-electron chi connectivity index (χ1n) is 3.15. The number of hydrogen-bond acceptors (Lipinski definition) is 2. The van der Waals surface area contributed by atoms with Crippen molar-refractivity contribution in [2.75, 3.05) is 5.33 Å². The van der Waals surface area contributed by atoms with Crippen LogP contribution >= 0.6 is 15.9 Å². The summed E-state index contributed by atoms with van der Waals surface area (Å²) in [6, 6.07) is 0. The topological polar surface area (TPSA) is 29.4 Å². The average molecular weight is 216 g/mol. The second-order valence-corrected chi connectivity index (χ2v) is 2.35. The predicted octanol–water partition coefficient (Wildman–Crippen LogP) is 2.11. The maximum absolute atomic E-state index is 11.0. The Labute approximate surface area is 74.8 Å². The minimum Gasteiger partial charge on any atom is -0.291 e. The fourth-order valence-corrected chi connectivity index (χ4v) is 0.777. The highest BCUT2D eigenvalue weighted by Gasteiger charge is 2.02. The van der Waals surface area contributed by atoms with Gasteiger partial charge in [-0.15, -0.1) is 0 Å². The van der Waals surface area contributed by atoms with E-state index in [1.807, 2.05) is 13.0 Å². The van der Waals surface area contributed by atoms with Crippen molar-refractivity contribution in [1.29, 1.82) is 0 Å². The third-order valence-corrected chi connectivity index (χ3v) is 1.53. The lowest BCUT2D eigenvalue weighted by Crippen LogP contribution is -2.00. The van der Waals surface area contributed by atoms with E-state index in [4.69, 9.17) is 0 Å². The molecule has 0 saturated carbocycles. The number of alkyl halides is 1. The van der Waals surface area contributed by atoms with Crippen molar-refractivity contribution in [3.8, 4) is 0 Å². The van der Waals surface area contributed by atoms with Gasteiger partial charge in [-0.05, 0) is 19.7 Å². The third kappa shape index (κ3) is 3.88. The van der Waals surface area contributed by atoms with Crippen LogP contribution in [0.5, 0.6) is 0 Å². The number of rotatable bonds is 4. The SMILES string of the molecule is C=N/C(=C\C=C/C)C(=O)CBr. The quantitative estimate of drug-likeness (QED) is 0.306. The number of nitrogens with zero attached hydrogens (tertiary/aromatic N) is 1. The van der Waals surface area contributed by atoms with E-state index in [0.717, 1.165) is 0 Å². The van der Waals surface area contributed by atoms with Crippen molar-refractivity contribution in [2.24, 2.45) is 4.99 Å². The van der Waals surface area contributed by atoms with Gasteiger partial charge in [0.1, 0.15) is 5.70 Å². The normalized spacial score (nSPS) is 12.0. The molecule has 0 bridgehead atoms. The molecule has 0 unspecified atom stereocenters. The number of carbonyl (C=O) groups excluding carboxylic acids is 1. The highest BCUT2D eigenvalue weighted by atomic mass is 79.9. The highest BCUT2D eigenvalue weighted by Crippen LogP contribution is 2.00. The van der Waals surface area contributed by atoms with E-state index in [0.29, 0.717) is 5.70 Å². The van der Waals surface area contributed by atoms with Gasteiger partial charge in [-0.3, -0.25) is 9.79 Å². The molecule has 11 heavy (non-hydrogen) atoms. The van der Waals surface area contributed by atoms with Crippen molar-refractivity contribution in [3.05, 3.63) is 23.9 Å². The van der Waals surface area contributed by atoms with Crippen molar-refractivity contribution in [1.82, 2.24) is 0 Å². The molecule has 3 heteroatoms. The second kappa shape index (κ2) is 6.04. The molecule has 0 amide bonds. The summed E-state index contributed by atoms with van der Waals surface area (Å²) in [4.78, 5) is 14.5. The summed E-state index contributed by atoms with van der Waals surface area (Å²) in [6.45, 7) is 5.16. The summed E-state index contributed by atoms with van der Waals surface area (Å²) in [7, 11) is 0. The second-order valence-electron chi connectivity index (χ2n) is 1.79. The number of halogens is 1. The zero-order valence-electron chi connectivity index (χ0n) is 6.38. The van der Waals surface area contributed by atoms with E-state index >= 15 is 0 Å². The van der Waals surface area contributed by atoms with Gasteiger partial charge < -0.3 is 0 Å². The minimum absolute atomic E-state index is 0.0573. The Balaban J connectivity index is 4.38. The smallest absolute Gasteiger partial charge is 0.191 e. The molecule has 0 N–H and O–H groups in total. The molecule has 0 aliphatic carbocycles. The van der Waals surface area contributed by atoms with Gasteiger partial charge in [0.2, 0.25) is 0 Å². The summed E-state index contributed by atoms with van der Waals surface area (Å²) in [6.07, 6.45) is 5.22. The molecule has 0 aromatic carbocycles. The van der Waals surface area contributed by atoms with Crippen LogP contribution in [0.1, 0.15) is 6.92 Å². The molecule has 0 atom stereocenters. The van der Waals surface area contributed by atoms with Crippen LogP contribution in [0.4, 0.5) is 0 Å². The molecule has 0 saturated heterocycles. The minimum atomic E-state index is -0.0573. The van der Waals surface area contributed by atoms with Crippen LogP contribution < -0.4 is 0 Å². The Hall–Kier alpha value is -0.700. The molecule has 0 radical (unpaired) electrons. The monoisotopic (exact) mass is 215 g/mol. The fraction of sp³-hybridized carbons (Fsp3) is 0.250. The van der Waals surface area contributed by atoms with Gasteiger partial charge in [-0.25, -0.2) is 0 Å². The van der Waals surface area contributed by atoms with E-state index in [1.54, 1.807) is 12.2 Å². The summed E-state index contributed by atoms with van der Waals surface area (Å²) < 4.78 is 0. The van der Waals surface area contributed by atoms with Crippen molar-refractivity contribution in [2.45, 2.75) is 6.92 Å². The summed E-state index contributed by atoms with van der Waals surface area (Å²) in [5.74, 6) is -0.0573. The molecule has 60 valence electrons. The predicted molar refractivity (Wildman–Crippen MR) is 51.2 cm³/mol.